The maximum absolute atomic E-state index is 14.1. The standard InChI is InChI=1S/C25H28FN5O3/c1-16-9-11-30(2)23-7-6-21(18-5-3-4-17(12-18)13-19(33)15-32)28-24(23)31(16)25(34)29-22-8-10-27-14-20(22)26/h3-8,10,12,14,16,19,32-33H,9,11,13,15H2,1-2H3,(H,27,29,34)/t16-,19?/m1/s1. The van der Waals surface area contributed by atoms with Crippen LogP contribution in [0.15, 0.2) is 54.9 Å². The minimum absolute atomic E-state index is 0.0534. The summed E-state index contributed by atoms with van der Waals surface area (Å²) in [4.78, 5) is 25.5. The highest BCUT2D eigenvalue weighted by atomic mass is 19.1. The summed E-state index contributed by atoms with van der Waals surface area (Å²) in [5.41, 5.74) is 3.20. The van der Waals surface area contributed by atoms with Gasteiger partial charge in [0.15, 0.2) is 11.6 Å². The molecule has 8 nitrogen and oxygen atoms in total. The number of aliphatic hydroxyl groups excluding tert-OH is 2. The number of nitrogens with one attached hydrogen (secondary N) is 1. The van der Waals surface area contributed by atoms with Crippen LogP contribution in [-0.4, -0.2) is 58.6 Å². The molecule has 0 spiro atoms. The van der Waals surface area contributed by atoms with Crippen LogP contribution in [0, 0.1) is 5.82 Å². The summed E-state index contributed by atoms with van der Waals surface area (Å²) in [6, 6.07) is 12.2. The molecule has 1 unspecified atom stereocenters. The SMILES string of the molecule is C[C@@H]1CCN(C)c2ccc(-c3cccc(CC(O)CO)c3)nc2N1C(=O)Nc1ccncc1F. The second-order valence-corrected chi connectivity index (χ2v) is 8.50. The zero-order valence-electron chi connectivity index (χ0n) is 19.1. The number of aromatic nitrogens is 2. The van der Waals surface area contributed by atoms with Crippen LogP contribution < -0.4 is 15.1 Å². The van der Waals surface area contributed by atoms with Gasteiger partial charge >= 0.3 is 6.03 Å². The number of rotatable bonds is 5. The van der Waals surface area contributed by atoms with Crippen molar-refractivity contribution in [2.24, 2.45) is 0 Å². The maximum atomic E-state index is 14.1. The Hall–Kier alpha value is -3.56. The highest BCUT2D eigenvalue weighted by Gasteiger charge is 2.31. The molecule has 1 aliphatic heterocycles. The number of hydrogen-bond donors (Lipinski definition) is 3. The van der Waals surface area contributed by atoms with Crippen LogP contribution in [0.4, 0.5) is 26.4 Å². The van der Waals surface area contributed by atoms with E-state index in [4.69, 9.17) is 10.1 Å². The third-order valence-electron chi connectivity index (χ3n) is 5.95. The fourth-order valence-electron chi connectivity index (χ4n) is 4.06. The monoisotopic (exact) mass is 465 g/mol. The number of benzene rings is 1. The quantitative estimate of drug-likeness (QED) is 0.534. The molecule has 3 heterocycles. The first kappa shape index (κ1) is 23.6. The topological polar surface area (TPSA) is 102 Å². The highest BCUT2D eigenvalue weighted by Crippen LogP contribution is 2.35. The van der Waals surface area contributed by atoms with Gasteiger partial charge in [0, 0.05) is 37.8 Å². The molecule has 0 bridgehead atoms. The number of carbonyl (C=O) groups excluding carboxylic acids is 1. The second-order valence-electron chi connectivity index (χ2n) is 8.50. The van der Waals surface area contributed by atoms with Crippen LogP contribution in [0.1, 0.15) is 18.9 Å². The third-order valence-corrected chi connectivity index (χ3v) is 5.95. The van der Waals surface area contributed by atoms with Gasteiger partial charge in [-0.3, -0.25) is 9.88 Å². The molecule has 2 atom stereocenters. The summed E-state index contributed by atoms with van der Waals surface area (Å²) in [5, 5.41) is 21.6. The molecule has 34 heavy (non-hydrogen) atoms. The van der Waals surface area contributed by atoms with Crippen molar-refractivity contribution in [3.05, 3.63) is 66.2 Å². The minimum atomic E-state index is -0.836. The lowest BCUT2D eigenvalue weighted by Gasteiger charge is -2.28. The van der Waals surface area contributed by atoms with Crippen molar-refractivity contribution in [3.63, 3.8) is 0 Å². The zero-order valence-corrected chi connectivity index (χ0v) is 19.1. The predicted octanol–water partition coefficient (Wildman–Crippen LogP) is 3.45. The molecule has 3 aromatic rings. The fraction of sp³-hybridized carbons (Fsp3) is 0.320. The van der Waals surface area contributed by atoms with Gasteiger partial charge < -0.3 is 20.4 Å². The van der Waals surface area contributed by atoms with E-state index in [2.05, 4.69) is 15.2 Å². The number of halogens is 1. The molecule has 0 fully saturated rings. The van der Waals surface area contributed by atoms with E-state index in [1.54, 1.807) is 4.90 Å². The third kappa shape index (κ3) is 5.00. The Morgan fingerprint density at radius 3 is 2.88 bits per heavy atom. The molecule has 0 radical (unpaired) electrons. The molecule has 2 aromatic heterocycles. The molecule has 2 amide bonds. The van der Waals surface area contributed by atoms with Gasteiger partial charge in [-0.1, -0.05) is 18.2 Å². The molecule has 4 rings (SSSR count). The van der Waals surface area contributed by atoms with E-state index in [1.165, 1.54) is 12.3 Å². The number of aliphatic hydroxyl groups is 2. The molecule has 178 valence electrons. The summed E-state index contributed by atoms with van der Waals surface area (Å²) in [7, 11) is 1.95. The van der Waals surface area contributed by atoms with Crippen LogP contribution in [0.5, 0.6) is 0 Å². The lowest BCUT2D eigenvalue weighted by Crippen LogP contribution is -2.42. The maximum Gasteiger partial charge on any atom is 0.327 e. The summed E-state index contributed by atoms with van der Waals surface area (Å²) in [5.74, 6) is -0.128. The van der Waals surface area contributed by atoms with Gasteiger partial charge in [-0.2, -0.15) is 0 Å². The number of fused-ring (bicyclic) bond motifs is 1. The normalized spacial score (nSPS) is 16.6. The van der Waals surface area contributed by atoms with E-state index < -0.39 is 18.0 Å². The Kier molecular flexibility index (Phi) is 7.04. The average Bonchev–Trinajstić information content (AvgIpc) is 2.96. The average molecular weight is 466 g/mol. The van der Waals surface area contributed by atoms with E-state index >= 15 is 0 Å². The van der Waals surface area contributed by atoms with Crippen LogP contribution in [0.2, 0.25) is 0 Å². The van der Waals surface area contributed by atoms with E-state index in [0.29, 0.717) is 24.4 Å². The first-order valence-corrected chi connectivity index (χ1v) is 11.2. The number of amides is 2. The summed E-state index contributed by atoms with van der Waals surface area (Å²) >= 11 is 0. The number of nitrogens with zero attached hydrogens (tertiary/aromatic N) is 4. The van der Waals surface area contributed by atoms with Crippen LogP contribution in [0.25, 0.3) is 11.3 Å². The van der Waals surface area contributed by atoms with E-state index in [-0.39, 0.29) is 18.3 Å². The molecule has 1 aromatic carbocycles. The summed E-state index contributed by atoms with van der Waals surface area (Å²) in [6.07, 6.45) is 2.67. The Labute approximate surface area is 197 Å². The fourth-order valence-corrected chi connectivity index (χ4v) is 4.06. The van der Waals surface area contributed by atoms with Gasteiger partial charge in [0.25, 0.3) is 0 Å². The van der Waals surface area contributed by atoms with Crippen LogP contribution in [-0.2, 0) is 6.42 Å². The molecule has 0 saturated carbocycles. The van der Waals surface area contributed by atoms with Crippen molar-refractivity contribution in [2.45, 2.75) is 31.9 Å². The van der Waals surface area contributed by atoms with Gasteiger partial charge in [-0.15, -0.1) is 0 Å². The van der Waals surface area contributed by atoms with Gasteiger partial charge in [-0.25, -0.2) is 14.2 Å². The van der Waals surface area contributed by atoms with Crippen molar-refractivity contribution >= 4 is 23.2 Å². The predicted molar refractivity (Wildman–Crippen MR) is 130 cm³/mol. The molecule has 3 N–H and O–H groups in total. The number of hydrogen-bond acceptors (Lipinski definition) is 6. The largest absolute Gasteiger partial charge is 0.394 e. The van der Waals surface area contributed by atoms with E-state index in [9.17, 15) is 14.3 Å². The molecular weight excluding hydrogens is 437 g/mol. The number of pyridine rings is 2. The Morgan fingerprint density at radius 1 is 1.29 bits per heavy atom. The lowest BCUT2D eigenvalue weighted by molar-refractivity contribution is 0.0955. The smallest absolute Gasteiger partial charge is 0.327 e. The Morgan fingerprint density at radius 2 is 2.12 bits per heavy atom. The summed E-state index contributed by atoms with van der Waals surface area (Å²) in [6.45, 7) is 2.36. The molecule has 0 saturated heterocycles. The van der Waals surface area contributed by atoms with Crippen molar-refractivity contribution in [2.75, 3.05) is 35.3 Å². The first-order chi connectivity index (χ1) is 16.4. The van der Waals surface area contributed by atoms with Crippen LogP contribution in [0.3, 0.4) is 0 Å². The Balaban J connectivity index is 1.72. The van der Waals surface area contributed by atoms with Gasteiger partial charge in [0.2, 0.25) is 0 Å². The minimum Gasteiger partial charge on any atom is -0.394 e. The van der Waals surface area contributed by atoms with Gasteiger partial charge in [0.05, 0.1) is 36.0 Å². The number of urea groups is 1. The number of carbonyl (C=O) groups is 1. The first-order valence-electron chi connectivity index (χ1n) is 11.2. The van der Waals surface area contributed by atoms with E-state index in [0.717, 1.165) is 29.6 Å². The zero-order chi connectivity index (χ0) is 24.2. The van der Waals surface area contributed by atoms with E-state index in [1.807, 2.05) is 50.4 Å². The highest BCUT2D eigenvalue weighted by molar-refractivity contribution is 6.04. The summed E-state index contributed by atoms with van der Waals surface area (Å²) < 4.78 is 14.1. The molecule has 9 heteroatoms. The molecule has 1 aliphatic rings. The van der Waals surface area contributed by atoms with Crippen molar-refractivity contribution in [1.82, 2.24) is 9.97 Å². The van der Waals surface area contributed by atoms with Gasteiger partial charge in [-0.05, 0) is 43.2 Å². The number of anilines is 3. The van der Waals surface area contributed by atoms with Crippen molar-refractivity contribution in [3.8, 4) is 11.3 Å². The Bertz CT molecular complexity index is 1170. The second kappa shape index (κ2) is 10.1. The van der Waals surface area contributed by atoms with Crippen molar-refractivity contribution in [1.29, 1.82) is 0 Å². The van der Waals surface area contributed by atoms with Gasteiger partial charge in [0.1, 0.15) is 0 Å². The molecular formula is C25H28FN5O3. The molecule has 0 aliphatic carbocycles. The van der Waals surface area contributed by atoms with Crippen molar-refractivity contribution < 1.29 is 19.4 Å². The van der Waals surface area contributed by atoms with Crippen LogP contribution >= 0.6 is 0 Å². The lowest BCUT2D eigenvalue weighted by atomic mass is 10.0.